The van der Waals surface area contributed by atoms with Crippen molar-refractivity contribution in [3.05, 3.63) is 63.0 Å². The van der Waals surface area contributed by atoms with E-state index in [9.17, 15) is 9.59 Å². The number of pyridine rings is 1. The molecule has 2 aromatic rings. The Morgan fingerprint density at radius 1 is 1.39 bits per heavy atom. The second-order valence-electron chi connectivity index (χ2n) is 5.63. The van der Waals surface area contributed by atoms with Gasteiger partial charge in [0.15, 0.2) is 0 Å². The van der Waals surface area contributed by atoms with Crippen molar-refractivity contribution < 1.29 is 9.53 Å². The third-order valence-corrected chi connectivity index (χ3v) is 4.22. The van der Waals surface area contributed by atoms with Gasteiger partial charge in [-0.25, -0.2) is 0 Å². The highest BCUT2D eigenvalue weighted by molar-refractivity contribution is 6.30. The summed E-state index contributed by atoms with van der Waals surface area (Å²) < 4.78 is 6.74. The maximum atomic E-state index is 12.4. The third-order valence-electron chi connectivity index (χ3n) is 3.95. The highest BCUT2D eigenvalue weighted by atomic mass is 35.5. The number of carbonyl (C=O) groups excluding carboxylic acids is 1. The monoisotopic (exact) mass is 332 g/mol. The Hall–Kier alpha value is -2.11. The fourth-order valence-corrected chi connectivity index (χ4v) is 2.92. The molecule has 1 N–H and O–H groups in total. The van der Waals surface area contributed by atoms with Crippen LogP contribution in [0.15, 0.2) is 41.3 Å². The number of hydrogen-bond donors (Lipinski definition) is 1. The number of benzene rings is 1. The summed E-state index contributed by atoms with van der Waals surface area (Å²) in [6, 6.07) is 8.99. The van der Waals surface area contributed by atoms with Crippen molar-refractivity contribution in [3.63, 3.8) is 0 Å². The molecule has 1 aliphatic heterocycles. The number of aryl methyl sites for hydroxylation is 1. The van der Waals surface area contributed by atoms with Gasteiger partial charge >= 0.3 is 0 Å². The highest BCUT2D eigenvalue weighted by Gasteiger charge is 2.19. The van der Waals surface area contributed by atoms with Gasteiger partial charge < -0.3 is 14.6 Å². The predicted octanol–water partition coefficient (Wildman–Crippen LogP) is 2.79. The molecule has 1 atom stereocenters. The molecule has 1 aliphatic rings. The summed E-state index contributed by atoms with van der Waals surface area (Å²) in [6.45, 7) is 1.46. The van der Waals surface area contributed by atoms with E-state index < -0.39 is 0 Å². The van der Waals surface area contributed by atoms with E-state index in [2.05, 4.69) is 5.32 Å². The Kier molecular flexibility index (Phi) is 4.50. The SMILES string of the molecule is Cn1cc(NC(=O)c2cccc([C@H]3CCOC3)c2)cc(Cl)c1=O. The van der Waals surface area contributed by atoms with Crippen LogP contribution in [0.1, 0.15) is 28.3 Å². The first-order valence-electron chi connectivity index (χ1n) is 7.40. The van der Waals surface area contributed by atoms with Crippen molar-refractivity contribution in [2.45, 2.75) is 12.3 Å². The molecule has 6 heteroatoms. The predicted molar refractivity (Wildman–Crippen MR) is 89.3 cm³/mol. The second-order valence-corrected chi connectivity index (χ2v) is 6.04. The van der Waals surface area contributed by atoms with Crippen LogP contribution in [0.4, 0.5) is 5.69 Å². The molecule has 0 saturated carbocycles. The van der Waals surface area contributed by atoms with Crippen LogP contribution in [0.3, 0.4) is 0 Å². The van der Waals surface area contributed by atoms with Gasteiger partial charge in [-0.05, 0) is 30.2 Å². The molecule has 1 saturated heterocycles. The van der Waals surface area contributed by atoms with Crippen molar-refractivity contribution in [2.75, 3.05) is 18.5 Å². The van der Waals surface area contributed by atoms with Crippen LogP contribution >= 0.6 is 11.6 Å². The molecule has 0 spiro atoms. The van der Waals surface area contributed by atoms with E-state index >= 15 is 0 Å². The van der Waals surface area contributed by atoms with E-state index in [1.165, 1.54) is 10.6 Å². The Morgan fingerprint density at radius 2 is 2.22 bits per heavy atom. The summed E-state index contributed by atoms with van der Waals surface area (Å²) in [5, 5.41) is 2.84. The first-order valence-corrected chi connectivity index (χ1v) is 7.77. The quantitative estimate of drug-likeness (QED) is 0.940. The zero-order valence-corrected chi connectivity index (χ0v) is 13.5. The molecule has 23 heavy (non-hydrogen) atoms. The minimum Gasteiger partial charge on any atom is -0.381 e. The Labute approximate surface area is 138 Å². The molecule has 5 nitrogen and oxygen atoms in total. The van der Waals surface area contributed by atoms with Crippen molar-refractivity contribution >= 4 is 23.2 Å². The van der Waals surface area contributed by atoms with Gasteiger partial charge in [0.25, 0.3) is 11.5 Å². The number of halogens is 1. The number of amides is 1. The van der Waals surface area contributed by atoms with E-state index in [4.69, 9.17) is 16.3 Å². The van der Waals surface area contributed by atoms with Crippen molar-refractivity contribution in [1.82, 2.24) is 4.57 Å². The van der Waals surface area contributed by atoms with Gasteiger partial charge in [-0.1, -0.05) is 23.7 Å². The minimum absolute atomic E-state index is 0.0714. The van der Waals surface area contributed by atoms with Crippen molar-refractivity contribution in [3.8, 4) is 0 Å². The lowest BCUT2D eigenvalue weighted by Crippen LogP contribution is -2.19. The number of hydrogen-bond acceptors (Lipinski definition) is 3. The minimum atomic E-state index is -0.298. The fraction of sp³-hybridized carbons (Fsp3) is 0.294. The highest BCUT2D eigenvalue weighted by Crippen LogP contribution is 2.26. The summed E-state index contributed by atoms with van der Waals surface area (Å²) in [5.41, 5.74) is 1.86. The zero-order valence-electron chi connectivity index (χ0n) is 12.7. The number of aromatic nitrogens is 1. The average molecular weight is 333 g/mol. The molecule has 1 fully saturated rings. The van der Waals surface area contributed by atoms with E-state index in [1.807, 2.05) is 18.2 Å². The molecule has 1 amide bonds. The van der Waals surface area contributed by atoms with Crippen LogP contribution in [0, 0.1) is 0 Å². The Bertz CT molecular complexity index is 768. The molecule has 1 aromatic heterocycles. The lowest BCUT2D eigenvalue weighted by molar-refractivity contribution is 0.102. The van der Waals surface area contributed by atoms with Crippen LogP contribution in [0.5, 0.6) is 0 Å². The van der Waals surface area contributed by atoms with Gasteiger partial charge in [-0.3, -0.25) is 9.59 Å². The summed E-state index contributed by atoms with van der Waals surface area (Å²) >= 11 is 5.86. The van der Waals surface area contributed by atoms with Gasteiger partial charge in [0.1, 0.15) is 5.02 Å². The smallest absolute Gasteiger partial charge is 0.269 e. The van der Waals surface area contributed by atoms with Crippen molar-refractivity contribution in [1.29, 1.82) is 0 Å². The number of ether oxygens (including phenoxy) is 1. The maximum absolute atomic E-state index is 12.4. The molecule has 0 bridgehead atoms. The van der Waals surface area contributed by atoms with Crippen molar-refractivity contribution in [2.24, 2.45) is 7.05 Å². The van der Waals surface area contributed by atoms with E-state index in [1.54, 1.807) is 19.3 Å². The van der Waals surface area contributed by atoms with Gasteiger partial charge in [0, 0.05) is 31.3 Å². The Morgan fingerprint density at radius 3 is 2.91 bits per heavy atom. The number of rotatable bonds is 3. The summed E-state index contributed by atoms with van der Waals surface area (Å²) in [6.07, 6.45) is 2.52. The molecule has 1 aromatic carbocycles. The van der Waals surface area contributed by atoms with Gasteiger partial charge in [0.05, 0.1) is 12.3 Å². The van der Waals surface area contributed by atoms with Crippen LogP contribution in [0.25, 0.3) is 0 Å². The van der Waals surface area contributed by atoms with E-state index in [0.29, 0.717) is 23.8 Å². The standard InChI is InChI=1S/C17H17ClN2O3/c1-20-9-14(8-15(18)17(20)22)19-16(21)12-4-2-3-11(7-12)13-5-6-23-10-13/h2-4,7-9,13H,5-6,10H2,1H3,(H,19,21)/t13-/m0/s1. The van der Waals surface area contributed by atoms with Gasteiger partial charge in [-0.15, -0.1) is 0 Å². The lowest BCUT2D eigenvalue weighted by Gasteiger charge is -2.11. The first kappa shape index (κ1) is 15.8. The normalized spacial score (nSPS) is 17.2. The van der Waals surface area contributed by atoms with Crippen LogP contribution in [0.2, 0.25) is 5.02 Å². The number of nitrogens with zero attached hydrogens (tertiary/aromatic N) is 1. The molecule has 0 unspecified atom stereocenters. The van der Waals surface area contributed by atoms with Crippen LogP contribution in [-0.4, -0.2) is 23.7 Å². The van der Waals surface area contributed by atoms with Crippen LogP contribution < -0.4 is 10.9 Å². The van der Waals surface area contributed by atoms with E-state index in [0.717, 1.165) is 18.6 Å². The third kappa shape index (κ3) is 3.46. The molecular weight excluding hydrogens is 316 g/mol. The number of anilines is 1. The van der Waals surface area contributed by atoms with E-state index in [-0.39, 0.29) is 16.5 Å². The second kappa shape index (κ2) is 6.56. The Balaban J connectivity index is 1.80. The molecule has 3 rings (SSSR count). The van der Waals surface area contributed by atoms with Crippen LogP contribution in [-0.2, 0) is 11.8 Å². The largest absolute Gasteiger partial charge is 0.381 e. The molecule has 0 aliphatic carbocycles. The maximum Gasteiger partial charge on any atom is 0.269 e. The summed E-state index contributed by atoms with van der Waals surface area (Å²) in [5.74, 6) is 0.107. The summed E-state index contributed by atoms with van der Waals surface area (Å²) in [7, 11) is 1.59. The van der Waals surface area contributed by atoms with Gasteiger partial charge in [-0.2, -0.15) is 0 Å². The number of carbonyl (C=O) groups is 1. The zero-order chi connectivity index (χ0) is 16.4. The number of nitrogens with one attached hydrogen (secondary N) is 1. The lowest BCUT2D eigenvalue weighted by atomic mass is 9.96. The van der Waals surface area contributed by atoms with Gasteiger partial charge in [0.2, 0.25) is 0 Å². The molecule has 0 radical (unpaired) electrons. The molecule has 2 heterocycles. The summed E-state index contributed by atoms with van der Waals surface area (Å²) in [4.78, 5) is 24.0. The average Bonchev–Trinajstić information content (AvgIpc) is 3.07. The molecular formula is C17H17ClN2O3. The fourth-order valence-electron chi connectivity index (χ4n) is 2.67. The molecule has 120 valence electrons. The first-order chi connectivity index (χ1) is 11.0. The topological polar surface area (TPSA) is 60.3 Å².